The molecule has 0 unspecified atom stereocenters. The minimum absolute atomic E-state index is 0.279. The predicted octanol–water partition coefficient (Wildman–Crippen LogP) is 2.13. The van der Waals surface area contributed by atoms with Gasteiger partial charge < -0.3 is 4.90 Å². The first-order chi connectivity index (χ1) is 5.87. The van der Waals surface area contributed by atoms with Crippen molar-refractivity contribution in [3.8, 4) is 0 Å². The van der Waals surface area contributed by atoms with Crippen molar-refractivity contribution in [1.82, 2.24) is 4.90 Å². The highest BCUT2D eigenvalue weighted by Crippen LogP contribution is 2.24. The molecule has 0 N–H and O–H groups in total. The van der Waals surface area contributed by atoms with Crippen molar-refractivity contribution in [2.24, 2.45) is 5.41 Å². The fourth-order valence-corrected chi connectivity index (χ4v) is 1.51. The van der Waals surface area contributed by atoms with Crippen molar-refractivity contribution in [3.05, 3.63) is 5.57 Å². The van der Waals surface area contributed by atoms with Crippen LogP contribution in [0.1, 0.15) is 33.6 Å². The van der Waals surface area contributed by atoms with Gasteiger partial charge in [-0.3, -0.25) is 0 Å². The van der Waals surface area contributed by atoms with Crippen molar-refractivity contribution in [1.29, 1.82) is 0 Å². The van der Waals surface area contributed by atoms with Gasteiger partial charge in [-0.1, -0.05) is 13.8 Å². The van der Waals surface area contributed by atoms with E-state index in [0.717, 1.165) is 25.0 Å². The second kappa shape index (κ2) is 5.21. The summed E-state index contributed by atoms with van der Waals surface area (Å²) >= 11 is 0. The van der Waals surface area contributed by atoms with E-state index >= 15 is 0 Å². The standard InChI is InChI=1S/C11H21NO/c1-10(8-13)6-7-11(2,3)9-12(4)5/h6-7,9H2,1-5H3. The maximum atomic E-state index is 10.3. The molecule has 0 aliphatic carbocycles. The van der Waals surface area contributed by atoms with Crippen LogP contribution in [0.2, 0.25) is 0 Å². The van der Waals surface area contributed by atoms with Crippen LogP contribution in [0.3, 0.4) is 0 Å². The highest BCUT2D eigenvalue weighted by Gasteiger charge is 2.18. The average Bonchev–Trinajstić information content (AvgIpc) is 1.98. The molecule has 0 bridgehead atoms. The van der Waals surface area contributed by atoms with Gasteiger partial charge in [0.15, 0.2) is 0 Å². The molecule has 0 saturated heterocycles. The van der Waals surface area contributed by atoms with Crippen LogP contribution >= 0.6 is 0 Å². The van der Waals surface area contributed by atoms with E-state index in [1.165, 1.54) is 0 Å². The first-order valence-corrected chi connectivity index (χ1v) is 4.73. The van der Waals surface area contributed by atoms with Crippen molar-refractivity contribution in [3.63, 3.8) is 0 Å². The Morgan fingerprint density at radius 3 is 2.31 bits per heavy atom. The molecule has 0 aromatic heterocycles. The van der Waals surface area contributed by atoms with Gasteiger partial charge >= 0.3 is 0 Å². The number of allylic oxidation sites excluding steroid dienone is 1. The normalized spacial score (nSPS) is 11.5. The summed E-state index contributed by atoms with van der Waals surface area (Å²) in [5, 5.41) is 0. The van der Waals surface area contributed by atoms with Crippen molar-refractivity contribution in [2.75, 3.05) is 20.6 Å². The van der Waals surface area contributed by atoms with Gasteiger partial charge in [0, 0.05) is 12.1 Å². The molecule has 76 valence electrons. The highest BCUT2D eigenvalue weighted by atomic mass is 16.1. The van der Waals surface area contributed by atoms with E-state index < -0.39 is 0 Å². The molecule has 13 heavy (non-hydrogen) atoms. The van der Waals surface area contributed by atoms with Crippen LogP contribution in [0, 0.1) is 5.41 Å². The second-order valence-corrected chi connectivity index (χ2v) is 4.78. The van der Waals surface area contributed by atoms with Crippen LogP contribution in [0.4, 0.5) is 0 Å². The van der Waals surface area contributed by atoms with E-state index in [0.29, 0.717) is 0 Å². The lowest BCUT2D eigenvalue weighted by Crippen LogP contribution is -2.28. The zero-order chi connectivity index (χ0) is 10.5. The van der Waals surface area contributed by atoms with E-state index in [-0.39, 0.29) is 5.41 Å². The molecule has 0 saturated carbocycles. The Bertz CT molecular complexity index is 200. The Labute approximate surface area is 81.6 Å². The predicted molar refractivity (Wildman–Crippen MR) is 56.4 cm³/mol. The smallest absolute Gasteiger partial charge is 0.123 e. The van der Waals surface area contributed by atoms with Gasteiger partial charge in [-0.25, -0.2) is 4.79 Å². The molecule has 2 nitrogen and oxygen atoms in total. The molecule has 0 radical (unpaired) electrons. The molecular formula is C11H21NO. The highest BCUT2D eigenvalue weighted by molar-refractivity contribution is 5.51. The molecule has 0 aromatic rings. The monoisotopic (exact) mass is 183 g/mol. The number of rotatable bonds is 5. The quantitative estimate of drug-likeness (QED) is 0.609. The average molecular weight is 183 g/mol. The lowest BCUT2D eigenvalue weighted by Gasteiger charge is -2.28. The van der Waals surface area contributed by atoms with Crippen molar-refractivity contribution >= 4 is 5.94 Å². The largest absolute Gasteiger partial charge is 0.309 e. The van der Waals surface area contributed by atoms with E-state index in [2.05, 4.69) is 32.8 Å². The van der Waals surface area contributed by atoms with Crippen LogP contribution in [-0.4, -0.2) is 31.5 Å². The molecule has 0 atom stereocenters. The maximum absolute atomic E-state index is 10.3. The van der Waals surface area contributed by atoms with Gasteiger partial charge in [0.2, 0.25) is 0 Å². The first kappa shape index (κ1) is 12.4. The van der Waals surface area contributed by atoms with Crippen molar-refractivity contribution < 1.29 is 4.79 Å². The molecule has 2 heteroatoms. The topological polar surface area (TPSA) is 20.3 Å². The zero-order valence-electron chi connectivity index (χ0n) is 9.48. The van der Waals surface area contributed by atoms with E-state index in [9.17, 15) is 4.79 Å². The van der Waals surface area contributed by atoms with Gasteiger partial charge in [-0.2, -0.15) is 0 Å². The van der Waals surface area contributed by atoms with Crippen LogP contribution in [-0.2, 0) is 4.79 Å². The van der Waals surface area contributed by atoms with Gasteiger partial charge in [0.1, 0.15) is 5.94 Å². The SMILES string of the molecule is CC(=C=O)CCC(C)(C)CN(C)C. The van der Waals surface area contributed by atoms with Gasteiger partial charge in [0.25, 0.3) is 0 Å². The zero-order valence-corrected chi connectivity index (χ0v) is 9.48. The third-order valence-electron chi connectivity index (χ3n) is 2.10. The van der Waals surface area contributed by atoms with Crippen molar-refractivity contribution in [2.45, 2.75) is 33.6 Å². The summed E-state index contributed by atoms with van der Waals surface area (Å²) in [5.41, 5.74) is 1.11. The van der Waals surface area contributed by atoms with Crippen LogP contribution < -0.4 is 0 Å². The van der Waals surface area contributed by atoms with E-state index in [4.69, 9.17) is 0 Å². The number of carbonyl (C=O) groups excluding carboxylic acids is 1. The summed E-state index contributed by atoms with van der Waals surface area (Å²) < 4.78 is 0. The molecule has 0 aliphatic heterocycles. The molecule has 0 spiro atoms. The molecule has 0 rings (SSSR count). The Morgan fingerprint density at radius 2 is 1.92 bits per heavy atom. The third-order valence-corrected chi connectivity index (χ3v) is 2.10. The second-order valence-electron chi connectivity index (χ2n) is 4.78. The Kier molecular flexibility index (Phi) is 4.97. The van der Waals surface area contributed by atoms with Crippen LogP contribution in [0.5, 0.6) is 0 Å². The number of hydrogen-bond acceptors (Lipinski definition) is 2. The van der Waals surface area contributed by atoms with Gasteiger partial charge in [-0.15, -0.1) is 0 Å². The fraction of sp³-hybridized carbons (Fsp3) is 0.818. The lowest BCUT2D eigenvalue weighted by atomic mass is 9.86. The third kappa shape index (κ3) is 6.56. The molecule has 0 aliphatic rings. The lowest BCUT2D eigenvalue weighted by molar-refractivity contribution is 0.226. The summed E-state index contributed by atoms with van der Waals surface area (Å²) in [6.45, 7) is 7.36. The van der Waals surface area contributed by atoms with E-state index in [1.807, 2.05) is 12.9 Å². The Morgan fingerprint density at radius 1 is 1.38 bits per heavy atom. The number of nitrogens with zero attached hydrogens (tertiary/aromatic N) is 1. The molecular weight excluding hydrogens is 162 g/mol. The Balaban J connectivity index is 3.95. The summed E-state index contributed by atoms with van der Waals surface area (Å²) in [7, 11) is 4.15. The Hall–Kier alpha value is -0.590. The summed E-state index contributed by atoms with van der Waals surface area (Å²) in [5.74, 6) is 1.94. The summed E-state index contributed by atoms with van der Waals surface area (Å²) in [4.78, 5) is 12.5. The van der Waals surface area contributed by atoms with Gasteiger partial charge in [0.05, 0.1) is 0 Å². The number of hydrogen-bond donors (Lipinski definition) is 0. The molecule has 0 amide bonds. The van der Waals surface area contributed by atoms with Crippen LogP contribution in [0.15, 0.2) is 5.57 Å². The minimum Gasteiger partial charge on any atom is -0.309 e. The maximum Gasteiger partial charge on any atom is 0.123 e. The van der Waals surface area contributed by atoms with E-state index in [1.54, 1.807) is 0 Å². The van der Waals surface area contributed by atoms with Crippen LogP contribution in [0.25, 0.3) is 0 Å². The van der Waals surface area contributed by atoms with Gasteiger partial charge in [-0.05, 0) is 39.3 Å². The summed E-state index contributed by atoms with van der Waals surface area (Å²) in [6, 6.07) is 0. The minimum atomic E-state index is 0.279. The fourth-order valence-electron chi connectivity index (χ4n) is 1.51. The molecule has 0 heterocycles. The first-order valence-electron chi connectivity index (χ1n) is 4.73. The summed E-state index contributed by atoms with van der Waals surface area (Å²) in [6.07, 6.45) is 1.91. The molecule has 0 aromatic carbocycles. The molecule has 0 fully saturated rings.